The van der Waals surface area contributed by atoms with Gasteiger partial charge in [-0.15, -0.1) is 0 Å². The number of anilines is 1. The number of ether oxygens (including phenoxy) is 3. The van der Waals surface area contributed by atoms with Crippen LogP contribution in [0.1, 0.15) is 23.3 Å². The van der Waals surface area contributed by atoms with Gasteiger partial charge in [0.05, 0.1) is 37.5 Å². The molecule has 1 saturated heterocycles. The highest BCUT2D eigenvalue weighted by molar-refractivity contribution is 8.00. The molecule has 1 aromatic heterocycles. The first-order valence-corrected chi connectivity index (χ1v) is 13.3. The van der Waals surface area contributed by atoms with Gasteiger partial charge in [-0.3, -0.25) is 23.7 Å². The van der Waals surface area contributed by atoms with Crippen molar-refractivity contribution in [2.75, 3.05) is 25.7 Å². The Bertz CT molecular complexity index is 1410. The van der Waals surface area contributed by atoms with Crippen LogP contribution >= 0.6 is 23.1 Å². The van der Waals surface area contributed by atoms with Crippen molar-refractivity contribution in [1.29, 1.82) is 0 Å². The zero-order valence-electron chi connectivity index (χ0n) is 20.3. The lowest BCUT2D eigenvalue weighted by atomic mass is 9.83. The van der Waals surface area contributed by atoms with Crippen molar-refractivity contribution in [1.82, 2.24) is 4.57 Å². The lowest BCUT2D eigenvalue weighted by molar-refractivity contribution is -0.144. The van der Waals surface area contributed by atoms with E-state index in [9.17, 15) is 19.2 Å². The number of nitrogens with zero attached hydrogens (tertiary/aromatic N) is 2. The molecule has 192 valence electrons. The van der Waals surface area contributed by atoms with Crippen LogP contribution in [0.4, 0.5) is 5.69 Å². The molecular formula is C26H24N2O7S2. The molecule has 3 aromatic rings. The van der Waals surface area contributed by atoms with Crippen LogP contribution in [0.25, 0.3) is 0 Å². The summed E-state index contributed by atoms with van der Waals surface area (Å²) < 4.78 is 16.9. The summed E-state index contributed by atoms with van der Waals surface area (Å²) in [6.07, 6.45) is 0. The Morgan fingerprint density at radius 3 is 2.14 bits per heavy atom. The zero-order valence-corrected chi connectivity index (χ0v) is 22.0. The lowest BCUT2D eigenvalue weighted by Crippen LogP contribution is -2.32. The number of rotatable bonds is 7. The fourth-order valence-corrected chi connectivity index (χ4v) is 7.52. The average molecular weight is 541 g/mol. The normalized spacial score (nSPS) is 20.4. The van der Waals surface area contributed by atoms with E-state index in [0.29, 0.717) is 27.1 Å². The van der Waals surface area contributed by atoms with E-state index in [-0.39, 0.29) is 29.8 Å². The number of thiazole rings is 1. The van der Waals surface area contributed by atoms with E-state index in [2.05, 4.69) is 0 Å². The molecule has 2 aliphatic rings. The number of hydrogen-bond donors (Lipinski definition) is 0. The van der Waals surface area contributed by atoms with Gasteiger partial charge in [0.15, 0.2) is 0 Å². The third-order valence-electron chi connectivity index (χ3n) is 6.45. The highest BCUT2D eigenvalue weighted by Crippen LogP contribution is 2.54. The zero-order chi connectivity index (χ0) is 26.3. The Hall–Kier alpha value is -3.57. The van der Waals surface area contributed by atoms with Crippen LogP contribution in [0, 0.1) is 5.92 Å². The summed E-state index contributed by atoms with van der Waals surface area (Å²) >= 11 is 2.16. The van der Waals surface area contributed by atoms with E-state index in [1.54, 1.807) is 57.5 Å². The van der Waals surface area contributed by atoms with Crippen molar-refractivity contribution in [2.24, 2.45) is 5.92 Å². The van der Waals surface area contributed by atoms with Gasteiger partial charge in [0.2, 0.25) is 11.8 Å². The van der Waals surface area contributed by atoms with Crippen LogP contribution in [-0.2, 0) is 25.7 Å². The van der Waals surface area contributed by atoms with Crippen molar-refractivity contribution in [3.8, 4) is 11.5 Å². The van der Waals surface area contributed by atoms with E-state index in [1.165, 1.54) is 9.47 Å². The summed E-state index contributed by atoms with van der Waals surface area (Å²) in [5.41, 5.74) is 1.23. The van der Waals surface area contributed by atoms with Gasteiger partial charge in [0.25, 0.3) is 0 Å². The summed E-state index contributed by atoms with van der Waals surface area (Å²) in [6.45, 7) is 1.62. The summed E-state index contributed by atoms with van der Waals surface area (Å²) in [7, 11) is 3.10. The van der Waals surface area contributed by atoms with Crippen LogP contribution in [0.5, 0.6) is 11.5 Å². The standard InChI is InChI=1S/C26H24N2O7S2/c1-4-35-18(29)13-27-25-22(37-26(27)32)19(14-5-9-16(33-2)10-6-14)20-21(36-25)24(31)28(23(20)30)15-7-11-17(34-3)12-8-15/h5-12,19-21H,4,13H2,1-3H3. The molecule has 37 heavy (non-hydrogen) atoms. The summed E-state index contributed by atoms with van der Waals surface area (Å²) in [6, 6.07) is 14.0. The molecule has 3 atom stereocenters. The quantitative estimate of drug-likeness (QED) is 0.332. The molecule has 11 heteroatoms. The molecule has 0 N–H and O–H groups in total. The minimum Gasteiger partial charge on any atom is -0.497 e. The molecule has 3 unspecified atom stereocenters. The number of thioether (sulfide) groups is 1. The fraction of sp³-hybridized carbons (Fsp3) is 0.308. The van der Waals surface area contributed by atoms with Gasteiger partial charge in [-0.1, -0.05) is 35.2 Å². The number of amides is 2. The molecule has 5 rings (SSSR count). The number of imide groups is 1. The van der Waals surface area contributed by atoms with Crippen molar-refractivity contribution >= 4 is 46.6 Å². The Balaban J connectivity index is 1.62. The molecule has 3 heterocycles. The molecule has 0 spiro atoms. The minimum absolute atomic E-state index is 0.191. The Morgan fingerprint density at radius 2 is 1.54 bits per heavy atom. The Labute approximate surface area is 220 Å². The lowest BCUT2D eigenvalue weighted by Gasteiger charge is -2.30. The van der Waals surface area contributed by atoms with E-state index >= 15 is 0 Å². The number of hydrogen-bond acceptors (Lipinski definition) is 9. The molecular weight excluding hydrogens is 516 g/mol. The van der Waals surface area contributed by atoms with Crippen molar-refractivity contribution in [2.45, 2.75) is 29.7 Å². The summed E-state index contributed by atoms with van der Waals surface area (Å²) in [5, 5.41) is -0.250. The maximum Gasteiger partial charge on any atom is 0.326 e. The van der Waals surface area contributed by atoms with Gasteiger partial charge in [-0.05, 0) is 48.9 Å². The fourth-order valence-electron chi connectivity index (χ4n) is 4.75. The summed E-state index contributed by atoms with van der Waals surface area (Å²) in [5.74, 6) is -1.26. The van der Waals surface area contributed by atoms with Gasteiger partial charge in [0.1, 0.15) is 23.3 Å². The maximum atomic E-state index is 13.9. The van der Waals surface area contributed by atoms with E-state index in [1.807, 2.05) is 12.1 Å². The highest BCUT2D eigenvalue weighted by atomic mass is 32.2. The smallest absolute Gasteiger partial charge is 0.326 e. The molecule has 9 nitrogen and oxygen atoms in total. The third kappa shape index (κ3) is 4.31. The van der Waals surface area contributed by atoms with E-state index < -0.39 is 23.1 Å². The largest absolute Gasteiger partial charge is 0.497 e. The van der Waals surface area contributed by atoms with Gasteiger partial charge in [0, 0.05) is 10.8 Å². The second kappa shape index (κ2) is 10.1. The second-order valence-electron chi connectivity index (χ2n) is 8.45. The SMILES string of the molecule is CCOC(=O)Cn1c2c(sc1=O)C(c1ccc(OC)cc1)C1C(=O)N(c3ccc(OC)cc3)C(=O)C1S2. The second-order valence-corrected chi connectivity index (χ2v) is 10.6. The number of carbonyl (C=O) groups is 3. The van der Waals surface area contributed by atoms with Crippen LogP contribution in [0.3, 0.4) is 0 Å². The number of methoxy groups -OCH3 is 2. The maximum absolute atomic E-state index is 13.9. The monoisotopic (exact) mass is 540 g/mol. The number of carbonyl (C=O) groups excluding carboxylic acids is 3. The molecule has 2 aliphatic heterocycles. The highest BCUT2D eigenvalue weighted by Gasteiger charge is 2.56. The molecule has 0 bridgehead atoms. The van der Waals surface area contributed by atoms with Crippen molar-refractivity contribution < 1.29 is 28.6 Å². The van der Waals surface area contributed by atoms with Gasteiger partial charge < -0.3 is 14.2 Å². The molecule has 1 fully saturated rings. The van der Waals surface area contributed by atoms with Crippen LogP contribution in [0.2, 0.25) is 0 Å². The van der Waals surface area contributed by atoms with Crippen molar-refractivity contribution in [3.63, 3.8) is 0 Å². The number of aromatic nitrogens is 1. The predicted molar refractivity (Wildman–Crippen MR) is 139 cm³/mol. The molecule has 0 aliphatic carbocycles. The minimum atomic E-state index is -0.767. The number of fused-ring (bicyclic) bond motifs is 2. The average Bonchev–Trinajstić information content (AvgIpc) is 3.35. The first kappa shape index (κ1) is 25.1. The first-order valence-electron chi connectivity index (χ1n) is 11.6. The van der Waals surface area contributed by atoms with Crippen molar-refractivity contribution in [3.05, 3.63) is 68.6 Å². The van der Waals surface area contributed by atoms with E-state index in [4.69, 9.17) is 14.2 Å². The summed E-state index contributed by atoms with van der Waals surface area (Å²) in [4.78, 5) is 54.3. The molecule has 2 aromatic carbocycles. The molecule has 0 radical (unpaired) electrons. The number of esters is 1. The van der Waals surface area contributed by atoms with Gasteiger partial charge in [-0.2, -0.15) is 0 Å². The number of benzene rings is 2. The van der Waals surface area contributed by atoms with E-state index in [0.717, 1.165) is 28.7 Å². The Morgan fingerprint density at radius 1 is 0.919 bits per heavy atom. The van der Waals surface area contributed by atoms with Crippen LogP contribution in [-0.4, -0.2) is 48.4 Å². The van der Waals surface area contributed by atoms with Gasteiger partial charge in [-0.25, -0.2) is 4.90 Å². The topological polar surface area (TPSA) is 104 Å². The third-order valence-corrected chi connectivity index (χ3v) is 9.05. The Kier molecular flexibility index (Phi) is 6.82. The first-order chi connectivity index (χ1) is 17.9. The predicted octanol–water partition coefficient (Wildman–Crippen LogP) is 3.29. The van der Waals surface area contributed by atoms with Gasteiger partial charge >= 0.3 is 10.8 Å². The van der Waals surface area contributed by atoms with Crippen LogP contribution < -0.4 is 19.2 Å². The van der Waals surface area contributed by atoms with Crippen LogP contribution in [0.15, 0.2) is 58.4 Å². The molecule has 0 saturated carbocycles. The molecule has 2 amide bonds.